The summed E-state index contributed by atoms with van der Waals surface area (Å²) in [6.45, 7) is 2.18. The predicted molar refractivity (Wildman–Crippen MR) is 132 cm³/mol. The van der Waals surface area contributed by atoms with Crippen LogP contribution in [0.25, 0.3) is 11.3 Å². The molecule has 166 valence electrons. The molecule has 0 bridgehead atoms. The fourth-order valence-electron chi connectivity index (χ4n) is 3.69. The lowest BCUT2D eigenvalue weighted by molar-refractivity contribution is 0.0950. The number of thiophene rings is 1. The largest absolute Gasteiger partial charge is 0.451 e. The average Bonchev–Trinajstić information content (AvgIpc) is 3.34. The Morgan fingerprint density at radius 1 is 1.25 bits per heavy atom. The van der Waals surface area contributed by atoms with Gasteiger partial charge in [0.1, 0.15) is 10.8 Å². The standard InChI is InChI=1S/C22H19Cl2N3O3S2/c1-10-2-4-12-17(8-10)32-21(18(12)19(25)28)27-22(31)26-20(29)16-7-6-15(30-16)13-9-11(23)3-5-14(13)24/h3,5-7,9-10H,2,4,8H2,1H3,(H2,25,28)(H2,26,27,29,31). The van der Waals surface area contributed by atoms with Crippen molar-refractivity contribution in [1.29, 1.82) is 0 Å². The number of furan rings is 1. The van der Waals surface area contributed by atoms with Gasteiger partial charge in [-0.2, -0.15) is 0 Å². The minimum Gasteiger partial charge on any atom is -0.451 e. The van der Waals surface area contributed by atoms with Crippen LogP contribution in [0.2, 0.25) is 10.0 Å². The highest BCUT2D eigenvalue weighted by molar-refractivity contribution is 7.80. The van der Waals surface area contributed by atoms with Crippen molar-refractivity contribution >= 4 is 68.7 Å². The predicted octanol–water partition coefficient (Wildman–Crippen LogP) is 5.67. The number of anilines is 1. The second-order valence-electron chi connectivity index (χ2n) is 7.62. The molecule has 1 aliphatic rings. The van der Waals surface area contributed by atoms with E-state index < -0.39 is 11.8 Å². The molecule has 2 amide bonds. The zero-order chi connectivity index (χ0) is 23.0. The van der Waals surface area contributed by atoms with Crippen molar-refractivity contribution in [3.8, 4) is 11.3 Å². The fourth-order valence-corrected chi connectivity index (χ4v) is 5.75. The van der Waals surface area contributed by atoms with Gasteiger partial charge in [0, 0.05) is 15.5 Å². The summed E-state index contributed by atoms with van der Waals surface area (Å²) in [5, 5.41) is 7.07. The van der Waals surface area contributed by atoms with E-state index in [1.54, 1.807) is 24.3 Å². The Kier molecular flexibility index (Phi) is 6.57. The number of carbonyl (C=O) groups is 2. The molecule has 1 aromatic carbocycles. The number of carbonyl (C=O) groups excluding carboxylic acids is 2. The molecule has 4 N–H and O–H groups in total. The second-order valence-corrected chi connectivity index (χ2v) is 9.97. The van der Waals surface area contributed by atoms with Crippen LogP contribution >= 0.6 is 46.8 Å². The molecule has 10 heteroatoms. The lowest BCUT2D eigenvalue weighted by Gasteiger charge is -2.18. The van der Waals surface area contributed by atoms with Crippen LogP contribution in [0.15, 0.2) is 34.7 Å². The average molecular weight is 508 g/mol. The van der Waals surface area contributed by atoms with E-state index in [0.717, 1.165) is 29.7 Å². The number of nitrogens with two attached hydrogens (primary N) is 1. The van der Waals surface area contributed by atoms with Crippen LogP contribution in [0.4, 0.5) is 5.00 Å². The molecule has 0 radical (unpaired) electrons. The van der Waals surface area contributed by atoms with Gasteiger partial charge in [0.2, 0.25) is 0 Å². The Morgan fingerprint density at radius 2 is 2.03 bits per heavy atom. The summed E-state index contributed by atoms with van der Waals surface area (Å²) >= 11 is 19.0. The van der Waals surface area contributed by atoms with Crippen molar-refractivity contribution in [3.05, 3.63) is 62.1 Å². The van der Waals surface area contributed by atoms with Gasteiger partial charge in [-0.3, -0.25) is 14.9 Å². The molecule has 0 spiro atoms. The molecule has 0 saturated heterocycles. The van der Waals surface area contributed by atoms with Gasteiger partial charge in [-0.25, -0.2) is 0 Å². The molecule has 32 heavy (non-hydrogen) atoms. The van der Waals surface area contributed by atoms with Crippen molar-refractivity contribution in [1.82, 2.24) is 5.32 Å². The highest BCUT2D eigenvalue weighted by Crippen LogP contribution is 2.39. The molecule has 6 nitrogen and oxygen atoms in total. The third kappa shape index (κ3) is 4.68. The van der Waals surface area contributed by atoms with Gasteiger partial charge in [0.15, 0.2) is 10.9 Å². The van der Waals surface area contributed by atoms with Crippen molar-refractivity contribution in [3.63, 3.8) is 0 Å². The van der Waals surface area contributed by atoms with E-state index in [4.69, 9.17) is 45.6 Å². The number of primary amides is 1. The third-order valence-electron chi connectivity index (χ3n) is 5.24. The van der Waals surface area contributed by atoms with Crippen molar-refractivity contribution in [2.75, 3.05) is 5.32 Å². The van der Waals surface area contributed by atoms with E-state index >= 15 is 0 Å². The molecule has 0 saturated carbocycles. The summed E-state index contributed by atoms with van der Waals surface area (Å²) in [7, 11) is 0. The van der Waals surface area contributed by atoms with Gasteiger partial charge in [-0.15, -0.1) is 11.3 Å². The quantitative estimate of drug-likeness (QED) is 0.395. The number of rotatable bonds is 4. The summed E-state index contributed by atoms with van der Waals surface area (Å²) in [6, 6.07) is 8.12. The van der Waals surface area contributed by atoms with Gasteiger partial charge < -0.3 is 15.5 Å². The van der Waals surface area contributed by atoms with Gasteiger partial charge in [-0.1, -0.05) is 30.1 Å². The lowest BCUT2D eigenvalue weighted by atomic mass is 9.88. The zero-order valence-corrected chi connectivity index (χ0v) is 20.1. The maximum Gasteiger partial charge on any atom is 0.293 e. The van der Waals surface area contributed by atoms with E-state index in [1.807, 2.05) is 0 Å². The van der Waals surface area contributed by atoms with Gasteiger partial charge in [0.25, 0.3) is 11.8 Å². The first kappa shape index (κ1) is 22.8. The fraction of sp³-hybridized carbons (Fsp3) is 0.227. The van der Waals surface area contributed by atoms with E-state index in [-0.39, 0.29) is 10.9 Å². The highest BCUT2D eigenvalue weighted by atomic mass is 35.5. The molecule has 3 aromatic rings. The summed E-state index contributed by atoms with van der Waals surface area (Å²) in [5.74, 6) is -0.0556. The van der Waals surface area contributed by atoms with E-state index in [0.29, 0.717) is 37.9 Å². The molecular weight excluding hydrogens is 489 g/mol. The maximum absolute atomic E-state index is 12.6. The van der Waals surface area contributed by atoms with Gasteiger partial charge >= 0.3 is 0 Å². The molecule has 1 unspecified atom stereocenters. The summed E-state index contributed by atoms with van der Waals surface area (Å²) in [4.78, 5) is 25.8. The molecule has 1 atom stereocenters. The van der Waals surface area contributed by atoms with Gasteiger partial charge in [-0.05, 0) is 73.3 Å². The highest BCUT2D eigenvalue weighted by Gasteiger charge is 2.27. The molecule has 2 heterocycles. The summed E-state index contributed by atoms with van der Waals surface area (Å²) < 4.78 is 5.64. The van der Waals surface area contributed by atoms with E-state index in [2.05, 4.69) is 17.6 Å². The van der Waals surface area contributed by atoms with Crippen LogP contribution < -0.4 is 16.4 Å². The third-order valence-corrected chi connectivity index (χ3v) is 7.17. The first-order valence-corrected chi connectivity index (χ1v) is 11.8. The van der Waals surface area contributed by atoms with Crippen molar-refractivity contribution in [2.45, 2.75) is 26.2 Å². The number of fused-ring (bicyclic) bond motifs is 1. The second kappa shape index (κ2) is 9.23. The van der Waals surface area contributed by atoms with E-state index in [9.17, 15) is 9.59 Å². The number of hydrogen-bond acceptors (Lipinski definition) is 5. The summed E-state index contributed by atoms with van der Waals surface area (Å²) in [6.07, 6.45) is 2.69. The summed E-state index contributed by atoms with van der Waals surface area (Å²) in [5.41, 5.74) is 7.63. The zero-order valence-electron chi connectivity index (χ0n) is 17.0. The SMILES string of the molecule is CC1CCc2c(sc(NC(=S)NC(=O)c3ccc(-c4cc(Cl)ccc4Cl)o3)c2C(N)=O)C1. The number of hydrogen-bond donors (Lipinski definition) is 3. The molecule has 0 aliphatic heterocycles. The van der Waals surface area contributed by atoms with Crippen molar-refractivity contribution in [2.24, 2.45) is 11.7 Å². The van der Waals surface area contributed by atoms with Crippen LogP contribution in [0.3, 0.4) is 0 Å². The van der Waals surface area contributed by atoms with Crippen LogP contribution in [-0.4, -0.2) is 16.9 Å². The topological polar surface area (TPSA) is 97.4 Å². The normalized spacial score (nSPS) is 15.2. The van der Waals surface area contributed by atoms with Crippen molar-refractivity contribution < 1.29 is 14.0 Å². The van der Waals surface area contributed by atoms with Crippen LogP contribution in [0.5, 0.6) is 0 Å². The molecule has 0 fully saturated rings. The number of amides is 2. The minimum absolute atomic E-state index is 0.0443. The van der Waals surface area contributed by atoms with Gasteiger partial charge in [0.05, 0.1) is 10.6 Å². The van der Waals surface area contributed by atoms with Crippen LogP contribution in [-0.2, 0) is 12.8 Å². The number of benzene rings is 1. The molecule has 4 rings (SSSR count). The number of halogens is 2. The smallest absolute Gasteiger partial charge is 0.293 e. The lowest BCUT2D eigenvalue weighted by Crippen LogP contribution is -2.34. The molecule has 1 aliphatic carbocycles. The van der Waals surface area contributed by atoms with Crippen LogP contribution in [0.1, 0.15) is 44.7 Å². The number of thiocarbonyl (C=S) groups is 1. The first-order valence-electron chi connectivity index (χ1n) is 9.85. The monoisotopic (exact) mass is 507 g/mol. The molecule has 2 aromatic heterocycles. The Labute approximate surface area is 204 Å². The maximum atomic E-state index is 12.6. The Bertz CT molecular complexity index is 1240. The Morgan fingerprint density at radius 3 is 2.78 bits per heavy atom. The molecular formula is C22H19Cl2N3O3S2. The Balaban J connectivity index is 1.49. The van der Waals surface area contributed by atoms with Crippen LogP contribution in [0, 0.1) is 5.92 Å². The Hall–Kier alpha value is -2.39. The van der Waals surface area contributed by atoms with E-state index in [1.165, 1.54) is 17.4 Å². The first-order chi connectivity index (χ1) is 15.2. The number of nitrogens with one attached hydrogen (secondary N) is 2. The minimum atomic E-state index is -0.539.